The lowest BCUT2D eigenvalue weighted by molar-refractivity contribution is 0.488. The van der Waals surface area contributed by atoms with Crippen LogP contribution in [0.5, 0.6) is 0 Å². The van der Waals surface area contributed by atoms with Gasteiger partial charge in [0.05, 0.1) is 18.1 Å². The molecule has 4 nitrogen and oxygen atoms in total. The predicted octanol–water partition coefficient (Wildman–Crippen LogP) is 3.36. The van der Waals surface area contributed by atoms with Gasteiger partial charge < -0.3 is 4.42 Å². The van der Waals surface area contributed by atoms with Gasteiger partial charge in [-0.15, -0.1) is 0 Å². The van der Waals surface area contributed by atoms with Gasteiger partial charge in [-0.2, -0.15) is 10.5 Å². The first kappa shape index (κ1) is 12.5. The SMILES string of the molecule is N#CCC[C@@H](C#N)CSc1nc2ccccc2o1. The second-order valence-electron chi connectivity index (χ2n) is 3.78. The lowest BCUT2D eigenvalue weighted by Gasteiger charge is -2.02. The number of hydrogen-bond donors (Lipinski definition) is 0. The topological polar surface area (TPSA) is 73.6 Å². The molecule has 2 rings (SSSR count). The average molecular weight is 257 g/mol. The minimum atomic E-state index is -0.135. The van der Waals surface area contributed by atoms with Crippen LogP contribution in [-0.4, -0.2) is 10.7 Å². The average Bonchev–Trinajstić information content (AvgIpc) is 2.81. The molecule has 0 aliphatic rings. The van der Waals surface area contributed by atoms with Gasteiger partial charge in [-0.05, 0) is 18.6 Å². The van der Waals surface area contributed by atoms with E-state index >= 15 is 0 Å². The maximum Gasteiger partial charge on any atom is 0.256 e. The standard InChI is InChI=1S/C13H11N3OS/c14-7-3-4-10(8-15)9-18-13-16-11-5-1-2-6-12(11)17-13/h1-2,5-6,10H,3-4,9H2/t10-/m0/s1. The van der Waals surface area contributed by atoms with E-state index in [2.05, 4.69) is 17.1 Å². The van der Waals surface area contributed by atoms with Crippen LogP contribution >= 0.6 is 11.8 Å². The molecule has 18 heavy (non-hydrogen) atoms. The van der Waals surface area contributed by atoms with E-state index < -0.39 is 0 Å². The van der Waals surface area contributed by atoms with Crippen LogP contribution in [0, 0.1) is 28.6 Å². The fraction of sp³-hybridized carbons (Fsp3) is 0.308. The van der Waals surface area contributed by atoms with E-state index in [1.54, 1.807) is 0 Å². The Balaban J connectivity index is 1.97. The molecular formula is C13H11N3OS. The quantitative estimate of drug-likeness (QED) is 0.768. The second kappa shape index (κ2) is 6.09. The summed E-state index contributed by atoms with van der Waals surface area (Å²) in [5, 5.41) is 18.0. The number of hydrogen-bond acceptors (Lipinski definition) is 5. The molecular weight excluding hydrogens is 246 g/mol. The zero-order chi connectivity index (χ0) is 12.8. The van der Waals surface area contributed by atoms with Crippen LogP contribution in [0.2, 0.25) is 0 Å². The molecule has 0 saturated carbocycles. The second-order valence-corrected chi connectivity index (χ2v) is 4.75. The van der Waals surface area contributed by atoms with Gasteiger partial charge >= 0.3 is 0 Å². The fourth-order valence-electron chi connectivity index (χ4n) is 1.51. The van der Waals surface area contributed by atoms with Gasteiger partial charge in [0, 0.05) is 12.2 Å². The molecule has 5 heteroatoms. The van der Waals surface area contributed by atoms with Crippen LogP contribution in [0.1, 0.15) is 12.8 Å². The molecule has 1 heterocycles. The van der Waals surface area contributed by atoms with Crippen LogP contribution in [0.3, 0.4) is 0 Å². The molecule has 1 aromatic heterocycles. The Morgan fingerprint density at radius 2 is 2.17 bits per heavy atom. The van der Waals surface area contributed by atoms with Crippen molar-refractivity contribution < 1.29 is 4.42 Å². The Kier molecular flexibility index (Phi) is 4.22. The summed E-state index contributed by atoms with van der Waals surface area (Å²) in [5.74, 6) is 0.468. The first-order valence-electron chi connectivity index (χ1n) is 5.58. The Labute approximate surface area is 109 Å². The van der Waals surface area contributed by atoms with Crippen LogP contribution in [0.4, 0.5) is 0 Å². The molecule has 0 amide bonds. The van der Waals surface area contributed by atoms with E-state index in [4.69, 9.17) is 14.9 Å². The van der Waals surface area contributed by atoms with E-state index in [1.807, 2.05) is 24.3 Å². The van der Waals surface area contributed by atoms with Crippen molar-refractivity contribution in [1.82, 2.24) is 4.98 Å². The molecule has 0 bridgehead atoms. The Morgan fingerprint density at radius 3 is 2.89 bits per heavy atom. The van der Waals surface area contributed by atoms with Crippen molar-refractivity contribution in [3.63, 3.8) is 0 Å². The number of thioether (sulfide) groups is 1. The summed E-state index contributed by atoms with van der Waals surface area (Å²) in [6.45, 7) is 0. The van der Waals surface area contributed by atoms with E-state index in [9.17, 15) is 0 Å². The van der Waals surface area contributed by atoms with Gasteiger partial charge in [-0.25, -0.2) is 4.98 Å². The predicted molar refractivity (Wildman–Crippen MR) is 68.7 cm³/mol. The third kappa shape index (κ3) is 3.03. The first-order valence-corrected chi connectivity index (χ1v) is 6.57. The normalized spacial score (nSPS) is 11.9. The van der Waals surface area contributed by atoms with Crippen LogP contribution in [-0.2, 0) is 0 Å². The lowest BCUT2D eigenvalue weighted by Crippen LogP contribution is -1.99. The highest BCUT2D eigenvalue weighted by Gasteiger charge is 2.11. The number of rotatable bonds is 5. The molecule has 0 fully saturated rings. The van der Waals surface area contributed by atoms with E-state index in [0.29, 0.717) is 23.8 Å². The molecule has 90 valence electrons. The van der Waals surface area contributed by atoms with E-state index in [0.717, 1.165) is 11.1 Å². The minimum absolute atomic E-state index is 0.135. The molecule has 0 radical (unpaired) electrons. The van der Waals surface area contributed by atoms with Gasteiger partial charge in [0.25, 0.3) is 5.22 Å². The van der Waals surface area contributed by atoms with Crippen LogP contribution in [0.15, 0.2) is 33.9 Å². The highest BCUT2D eigenvalue weighted by atomic mass is 32.2. The zero-order valence-electron chi connectivity index (χ0n) is 9.67. The van der Waals surface area contributed by atoms with Gasteiger partial charge in [0.2, 0.25) is 0 Å². The van der Waals surface area contributed by atoms with Gasteiger partial charge in [-0.3, -0.25) is 0 Å². The number of aromatic nitrogens is 1. The highest BCUT2D eigenvalue weighted by molar-refractivity contribution is 7.99. The van der Waals surface area contributed by atoms with Gasteiger partial charge in [-0.1, -0.05) is 23.9 Å². The van der Waals surface area contributed by atoms with Crippen molar-refractivity contribution in [2.24, 2.45) is 5.92 Å². The maximum atomic E-state index is 8.95. The number of nitrogens with zero attached hydrogens (tertiary/aromatic N) is 3. The first-order chi connectivity index (χ1) is 8.83. The van der Waals surface area contributed by atoms with Crippen molar-refractivity contribution in [1.29, 1.82) is 10.5 Å². The largest absolute Gasteiger partial charge is 0.431 e. The lowest BCUT2D eigenvalue weighted by atomic mass is 10.1. The summed E-state index contributed by atoms with van der Waals surface area (Å²) in [6, 6.07) is 11.8. The molecule has 1 atom stereocenters. The van der Waals surface area contributed by atoms with E-state index in [1.165, 1.54) is 11.8 Å². The Bertz CT molecular complexity index is 575. The number of fused-ring (bicyclic) bond motifs is 1. The maximum absolute atomic E-state index is 8.95. The summed E-state index contributed by atoms with van der Waals surface area (Å²) in [4.78, 5) is 4.32. The Hall–Kier alpha value is -1.98. The smallest absolute Gasteiger partial charge is 0.256 e. The summed E-state index contributed by atoms with van der Waals surface area (Å²) < 4.78 is 5.54. The summed E-state index contributed by atoms with van der Waals surface area (Å²) in [6.07, 6.45) is 1.01. The summed E-state index contributed by atoms with van der Waals surface area (Å²) in [5.41, 5.74) is 1.58. The van der Waals surface area contributed by atoms with E-state index in [-0.39, 0.29) is 5.92 Å². The molecule has 0 spiro atoms. The summed E-state index contributed by atoms with van der Waals surface area (Å²) >= 11 is 1.42. The van der Waals surface area contributed by atoms with Gasteiger partial charge in [0.15, 0.2) is 5.58 Å². The van der Waals surface area contributed by atoms with Crippen LogP contribution in [0.25, 0.3) is 11.1 Å². The number of oxazole rings is 1. The van der Waals surface area contributed by atoms with Crippen LogP contribution < -0.4 is 0 Å². The highest BCUT2D eigenvalue weighted by Crippen LogP contribution is 2.25. The zero-order valence-corrected chi connectivity index (χ0v) is 10.5. The molecule has 0 saturated heterocycles. The van der Waals surface area contributed by atoms with Crippen molar-refractivity contribution in [2.75, 3.05) is 5.75 Å². The molecule has 1 aromatic carbocycles. The number of nitriles is 2. The third-order valence-electron chi connectivity index (χ3n) is 2.47. The molecule has 0 unspecified atom stereocenters. The van der Waals surface area contributed by atoms with Crippen molar-refractivity contribution in [2.45, 2.75) is 18.1 Å². The molecule has 2 aromatic rings. The van der Waals surface area contributed by atoms with Crippen molar-refractivity contribution in [3.05, 3.63) is 24.3 Å². The molecule has 0 aliphatic carbocycles. The number of para-hydroxylation sites is 2. The number of benzene rings is 1. The summed E-state index contributed by atoms with van der Waals surface area (Å²) in [7, 11) is 0. The molecule has 0 aliphatic heterocycles. The monoisotopic (exact) mass is 257 g/mol. The molecule has 0 N–H and O–H groups in total. The van der Waals surface area contributed by atoms with Crippen molar-refractivity contribution in [3.8, 4) is 12.1 Å². The van der Waals surface area contributed by atoms with Gasteiger partial charge in [0.1, 0.15) is 5.52 Å². The van der Waals surface area contributed by atoms with Crippen molar-refractivity contribution >= 4 is 22.9 Å². The Morgan fingerprint density at radius 1 is 1.33 bits per heavy atom. The third-order valence-corrected chi connectivity index (χ3v) is 3.46. The fourth-order valence-corrected chi connectivity index (χ4v) is 2.41. The minimum Gasteiger partial charge on any atom is -0.431 e.